The number of nitrogens with one attached hydrogen (secondary N) is 2. The van der Waals surface area contributed by atoms with Crippen molar-refractivity contribution in [2.24, 2.45) is 4.99 Å². The van der Waals surface area contributed by atoms with Gasteiger partial charge >= 0.3 is 0 Å². The number of methoxy groups -OCH3 is 1. The summed E-state index contributed by atoms with van der Waals surface area (Å²) in [6.45, 7) is 3.99. The van der Waals surface area contributed by atoms with Crippen LogP contribution in [-0.4, -0.2) is 36.9 Å². The summed E-state index contributed by atoms with van der Waals surface area (Å²) in [7, 11) is 1.66. The van der Waals surface area contributed by atoms with Gasteiger partial charge in [-0.05, 0) is 37.5 Å². The van der Waals surface area contributed by atoms with Crippen molar-refractivity contribution in [3.63, 3.8) is 0 Å². The Morgan fingerprint density at radius 3 is 2.42 bits per heavy atom. The molecule has 1 fully saturated rings. The third-order valence-electron chi connectivity index (χ3n) is 4.29. The molecule has 5 nitrogen and oxygen atoms in total. The minimum atomic E-state index is -0.589. The SMILES string of the molecule is CCNC(=NCc1ccc(OC)cc1)NCC1(O)CCCCC1.I. The maximum Gasteiger partial charge on any atom is 0.191 e. The van der Waals surface area contributed by atoms with Gasteiger partial charge in [-0.3, -0.25) is 0 Å². The Hall–Kier alpha value is -1.02. The molecule has 1 aliphatic carbocycles. The molecule has 1 aromatic carbocycles. The summed E-state index contributed by atoms with van der Waals surface area (Å²) < 4.78 is 5.16. The second-order valence-electron chi connectivity index (χ2n) is 6.18. The largest absolute Gasteiger partial charge is 0.497 e. The summed E-state index contributed by atoms with van der Waals surface area (Å²) >= 11 is 0. The number of ether oxygens (including phenoxy) is 1. The molecule has 0 amide bonds. The number of benzene rings is 1. The van der Waals surface area contributed by atoms with Gasteiger partial charge in [0.15, 0.2) is 5.96 Å². The Kier molecular flexibility index (Phi) is 9.43. The summed E-state index contributed by atoms with van der Waals surface area (Å²) in [6, 6.07) is 7.91. The monoisotopic (exact) mass is 447 g/mol. The molecule has 0 spiro atoms. The molecule has 136 valence electrons. The lowest BCUT2D eigenvalue weighted by Gasteiger charge is -2.32. The molecule has 0 bridgehead atoms. The molecule has 0 radical (unpaired) electrons. The van der Waals surface area contributed by atoms with E-state index in [1.54, 1.807) is 7.11 Å². The van der Waals surface area contributed by atoms with Gasteiger partial charge in [-0.1, -0.05) is 31.4 Å². The highest BCUT2D eigenvalue weighted by molar-refractivity contribution is 14.0. The van der Waals surface area contributed by atoms with E-state index in [4.69, 9.17) is 4.74 Å². The zero-order valence-electron chi connectivity index (χ0n) is 14.7. The predicted octanol–water partition coefficient (Wildman–Crippen LogP) is 3.06. The Morgan fingerprint density at radius 1 is 1.17 bits per heavy atom. The van der Waals surface area contributed by atoms with E-state index in [1.807, 2.05) is 31.2 Å². The average Bonchev–Trinajstić information content (AvgIpc) is 2.58. The van der Waals surface area contributed by atoms with Crippen molar-refractivity contribution in [2.45, 2.75) is 51.2 Å². The zero-order valence-corrected chi connectivity index (χ0v) is 17.0. The molecule has 24 heavy (non-hydrogen) atoms. The highest BCUT2D eigenvalue weighted by atomic mass is 127. The molecule has 2 rings (SSSR count). The van der Waals surface area contributed by atoms with Crippen molar-refractivity contribution in [2.75, 3.05) is 20.2 Å². The number of halogens is 1. The van der Waals surface area contributed by atoms with E-state index in [1.165, 1.54) is 6.42 Å². The maximum absolute atomic E-state index is 10.6. The molecule has 1 aromatic rings. The molecular weight excluding hydrogens is 417 g/mol. The van der Waals surface area contributed by atoms with Crippen molar-refractivity contribution in [1.82, 2.24) is 10.6 Å². The van der Waals surface area contributed by atoms with Gasteiger partial charge in [-0.15, -0.1) is 24.0 Å². The first kappa shape index (κ1) is 21.0. The first-order valence-corrected chi connectivity index (χ1v) is 8.53. The van der Waals surface area contributed by atoms with Gasteiger partial charge in [-0.25, -0.2) is 4.99 Å². The number of aliphatic hydroxyl groups is 1. The highest BCUT2D eigenvalue weighted by Crippen LogP contribution is 2.27. The quantitative estimate of drug-likeness (QED) is 0.356. The smallest absolute Gasteiger partial charge is 0.191 e. The van der Waals surface area contributed by atoms with Crippen LogP contribution < -0.4 is 15.4 Å². The van der Waals surface area contributed by atoms with Crippen LogP contribution in [0.1, 0.15) is 44.6 Å². The highest BCUT2D eigenvalue weighted by Gasteiger charge is 2.29. The summed E-state index contributed by atoms with van der Waals surface area (Å²) in [5.74, 6) is 1.60. The standard InChI is InChI=1S/C18H29N3O2.HI/c1-3-19-17(21-14-18(22)11-5-4-6-12-18)20-13-15-7-9-16(23-2)10-8-15;/h7-10,22H,3-6,11-14H2,1-2H3,(H2,19,20,21);1H. The molecule has 3 N–H and O–H groups in total. The maximum atomic E-state index is 10.6. The minimum absolute atomic E-state index is 0. The molecular formula is C18H30IN3O2. The molecule has 1 saturated carbocycles. The van der Waals surface area contributed by atoms with E-state index in [0.717, 1.165) is 49.5 Å². The van der Waals surface area contributed by atoms with E-state index in [0.29, 0.717) is 13.1 Å². The summed E-state index contributed by atoms with van der Waals surface area (Å²) in [6.07, 6.45) is 5.19. The number of guanidine groups is 1. The van der Waals surface area contributed by atoms with Gasteiger partial charge in [0.25, 0.3) is 0 Å². The van der Waals surface area contributed by atoms with Crippen molar-refractivity contribution in [3.05, 3.63) is 29.8 Å². The first-order chi connectivity index (χ1) is 11.1. The van der Waals surface area contributed by atoms with Crippen LogP contribution in [0.25, 0.3) is 0 Å². The molecule has 0 heterocycles. The third kappa shape index (κ3) is 6.84. The molecule has 0 saturated heterocycles. The number of hydrogen-bond donors (Lipinski definition) is 3. The van der Waals surface area contributed by atoms with Gasteiger partial charge in [0.05, 0.1) is 19.3 Å². The lowest BCUT2D eigenvalue weighted by molar-refractivity contribution is 0.00859. The third-order valence-corrected chi connectivity index (χ3v) is 4.29. The summed E-state index contributed by atoms with van der Waals surface area (Å²) in [5.41, 5.74) is 0.536. The van der Waals surface area contributed by atoms with Crippen LogP contribution in [0.5, 0.6) is 5.75 Å². The van der Waals surface area contributed by atoms with Crippen LogP contribution in [0.3, 0.4) is 0 Å². The van der Waals surface area contributed by atoms with Gasteiger partial charge in [0.2, 0.25) is 0 Å². The Bertz CT molecular complexity index is 499. The van der Waals surface area contributed by atoms with E-state index < -0.39 is 5.60 Å². The average molecular weight is 447 g/mol. The van der Waals surface area contributed by atoms with E-state index >= 15 is 0 Å². The van der Waals surface area contributed by atoms with E-state index in [9.17, 15) is 5.11 Å². The molecule has 0 atom stereocenters. The summed E-state index contributed by atoms with van der Waals surface area (Å²) in [4.78, 5) is 4.60. The molecule has 0 aromatic heterocycles. The van der Waals surface area contributed by atoms with Gasteiger partial charge in [-0.2, -0.15) is 0 Å². The summed E-state index contributed by atoms with van der Waals surface area (Å²) in [5, 5.41) is 17.1. The van der Waals surface area contributed by atoms with Crippen LogP contribution >= 0.6 is 24.0 Å². The lowest BCUT2D eigenvalue weighted by Crippen LogP contribution is -2.48. The lowest BCUT2D eigenvalue weighted by atomic mass is 9.85. The minimum Gasteiger partial charge on any atom is -0.497 e. The van der Waals surface area contributed by atoms with Crippen molar-refractivity contribution in [1.29, 1.82) is 0 Å². The van der Waals surface area contributed by atoms with Gasteiger partial charge < -0.3 is 20.5 Å². The van der Waals surface area contributed by atoms with Gasteiger partial charge in [0, 0.05) is 13.1 Å². The predicted molar refractivity (Wildman–Crippen MR) is 109 cm³/mol. The molecule has 6 heteroatoms. The number of nitrogens with zero attached hydrogens (tertiary/aromatic N) is 1. The molecule has 0 unspecified atom stereocenters. The van der Waals surface area contributed by atoms with Crippen molar-refractivity contribution < 1.29 is 9.84 Å². The Balaban J connectivity index is 0.00000288. The molecule has 1 aliphatic rings. The van der Waals surface area contributed by atoms with E-state index in [-0.39, 0.29) is 24.0 Å². The fourth-order valence-corrected chi connectivity index (χ4v) is 2.88. The van der Waals surface area contributed by atoms with Crippen LogP contribution in [0, 0.1) is 0 Å². The van der Waals surface area contributed by atoms with Crippen LogP contribution in [0.4, 0.5) is 0 Å². The van der Waals surface area contributed by atoms with Crippen molar-refractivity contribution >= 4 is 29.9 Å². The number of rotatable bonds is 6. The zero-order chi connectivity index (χ0) is 16.5. The number of hydrogen-bond acceptors (Lipinski definition) is 3. The van der Waals surface area contributed by atoms with Crippen molar-refractivity contribution in [3.8, 4) is 5.75 Å². The molecule has 0 aliphatic heterocycles. The Labute approximate surface area is 162 Å². The first-order valence-electron chi connectivity index (χ1n) is 8.53. The fourth-order valence-electron chi connectivity index (χ4n) is 2.88. The normalized spacial score (nSPS) is 16.9. The fraction of sp³-hybridized carbons (Fsp3) is 0.611. The second kappa shape index (κ2) is 10.8. The van der Waals surface area contributed by atoms with Crippen LogP contribution in [0.15, 0.2) is 29.3 Å². The van der Waals surface area contributed by atoms with Gasteiger partial charge in [0.1, 0.15) is 5.75 Å². The topological polar surface area (TPSA) is 65.9 Å². The second-order valence-corrected chi connectivity index (χ2v) is 6.18. The van der Waals surface area contributed by atoms with E-state index in [2.05, 4.69) is 15.6 Å². The van der Waals surface area contributed by atoms with Crippen LogP contribution in [-0.2, 0) is 6.54 Å². The van der Waals surface area contributed by atoms with Crippen LogP contribution in [0.2, 0.25) is 0 Å². The Morgan fingerprint density at radius 2 is 1.83 bits per heavy atom. The number of aliphatic imine (C=N–C) groups is 1.